The maximum atomic E-state index is 11.8. The van der Waals surface area contributed by atoms with Crippen molar-refractivity contribution in [2.45, 2.75) is 65.2 Å². The van der Waals surface area contributed by atoms with E-state index in [2.05, 4.69) is 6.92 Å². The van der Waals surface area contributed by atoms with Crippen molar-refractivity contribution in [3.63, 3.8) is 0 Å². The normalized spacial score (nSPS) is 10.9. The predicted octanol–water partition coefficient (Wildman–Crippen LogP) is 4.94. The molecule has 1 aromatic heterocycles. The largest absolute Gasteiger partial charge is 0.499 e. The van der Waals surface area contributed by atoms with Crippen LogP contribution in [0.2, 0.25) is 0 Å². The summed E-state index contributed by atoms with van der Waals surface area (Å²) in [6, 6.07) is 4.97. The van der Waals surface area contributed by atoms with Gasteiger partial charge < -0.3 is 19.0 Å². The van der Waals surface area contributed by atoms with Crippen molar-refractivity contribution in [1.82, 2.24) is 0 Å². The second-order valence-corrected chi connectivity index (χ2v) is 6.62. The molecule has 0 fully saturated rings. The number of unbranched alkanes of at least 4 members (excludes halogenated alkanes) is 7. The molecule has 0 aliphatic rings. The van der Waals surface area contributed by atoms with Gasteiger partial charge in [0.15, 0.2) is 17.1 Å². The third-order valence-corrected chi connectivity index (χ3v) is 4.33. The third kappa shape index (κ3) is 6.01. The van der Waals surface area contributed by atoms with E-state index in [4.69, 9.17) is 13.9 Å². The van der Waals surface area contributed by atoms with Crippen LogP contribution in [0.15, 0.2) is 27.4 Å². The van der Waals surface area contributed by atoms with Crippen LogP contribution in [0.4, 0.5) is 0 Å². The van der Waals surface area contributed by atoms with Crippen molar-refractivity contribution in [3.05, 3.63) is 28.6 Å². The molecule has 0 atom stereocenters. The van der Waals surface area contributed by atoms with Crippen molar-refractivity contribution >= 4 is 16.9 Å². The molecule has 27 heavy (non-hydrogen) atoms. The predicted molar refractivity (Wildman–Crippen MR) is 104 cm³/mol. The van der Waals surface area contributed by atoms with Crippen molar-refractivity contribution in [2.24, 2.45) is 0 Å². The molecule has 2 aromatic rings. The van der Waals surface area contributed by atoms with Gasteiger partial charge in [-0.1, -0.05) is 57.9 Å². The van der Waals surface area contributed by atoms with E-state index in [-0.39, 0.29) is 11.3 Å². The van der Waals surface area contributed by atoms with Crippen LogP contribution in [0.1, 0.15) is 65.2 Å². The number of ether oxygens (including phenoxy) is 2. The summed E-state index contributed by atoms with van der Waals surface area (Å²) < 4.78 is 15.9. The molecule has 1 N–H and O–H groups in total. The number of carbonyl (C=O) groups excluding carboxylic acids is 1. The minimum Gasteiger partial charge on any atom is -0.499 e. The Kier molecular flexibility index (Phi) is 8.17. The molecular weight excluding hydrogens is 348 g/mol. The Hall–Kier alpha value is -2.50. The van der Waals surface area contributed by atoms with Crippen LogP contribution < -0.4 is 15.1 Å². The van der Waals surface area contributed by atoms with Gasteiger partial charge in [0.05, 0.1) is 12.0 Å². The van der Waals surface area contributed by atoms with Crippen LogP contribution in [-0.4, -0.2) is 17.7 Å². The number of hydrogen-bond donors (Lipinski definition) is 1. The average molecular weight is 376 g/mol. The number of esters is 1. The fraction of sp³-hybridized carbons (Fsp3) is 0.524. The third-order valence-electron chi connectivity index (χ3n) is 4.33. The van der Waals surface area contributed by atoms with Crippen molar-refractivity contribution in [1.29, 1.82) is 0 Å². The number of rotatable bonds is 11. The average Bonchev–Trinajstić information content (AvgIpc) is 2.64. The summed E-state index contributed by atoms with van der Waals surface area (Å²) in [5, 5.41) is 10.2. The molecule has 0 unspecified atom stereocenters. The first-order chi connectivity index (χ1) is 13.0. The van der Waals surface area contributed by atoms with Crippen LogP contribution in [0.25, 0.3) is 11.0 Å². The maximum absolute atomic E-state index is 11.8. The Morgan fingerprint density at radius 3 is 2.41 bits per heavy atom. The lowest BCUT2D eigenvalue weighted by Gasteiger charge is -2.11. The lowest BCUT2D eigenvalue weighted by atomic mass is 10.1. The lowest BCUT2D eigenvalue weighted by Crippen LogP contribution is -2.08. The molecule has 6 heteroatoms. The number of hydrogen-bond acceptors (Lipinski definition) is 6. The van der Waals surface area contributed by atoms with E-state index < -0.39 is 17.3 Å². The van der Waals surface area contributed by atoms with Gasteiger partial charge in [-0.15, -0.1) is 0 Å². The van der Waals surface area contributed by atoms with Crippen molar-refractivity contribution < 1.29 is 23.8 Å². The molecule has 148 valence electrons. The Morgan fingerprint density at radius 1 is 1.07 bits per heavy atom. The molecule has 0 bridgehead atoms. The van der Waals surface area contributed by atoms with Crippen molar-refractivity contribution in [2.75, 3.05) is 6.61 Å². The van der Waals surface area contributed by atoms with E-state index in [0.717, 1.165) is 12.8 Å². The van der Waals surface area contributed by atoms with Gasteiger partial charge in [0.25, 0.3) is 0 Å². The SMILES string of the molecule is CCCCCCCCCCOc1cccc2c(OC(C)=O)c(O)c(=O)oc12. The molecule has 6 nitrogen and oxygen atoms in total. The molecule has 0 saturated heterocycles. The van der Waals surface area contributed by atoms with Crippen LogP contribution in [0.5, 0.6) is 17.2 Å². The van der Waals surface area contributed by atoms with E-state index in [0.29, 0.717) is 17.7 Å². The van der Waals surface area contributed by atoms with Gasteiger partial charge in [-0.05, 0) is 18.6 Å². The first kappa shape index (κ1) is 20.8. The zero-order valence-electron chi connectivity index (χ0n) is 16.1. The van der Waals surface area contributed by atoms with Crippen LogP contribution >= 0.6 is 0 Å². The first-order valence-electron chi connectivity index (χ1n) is 9.64. The van der Waals surface area contributed by atoms with Gasteiger partial charge in [-0.25, -0.2) is 4.79 Å². The van der Waals surface area contributed by atoms with Crippen molar-refractivity contribution in [3.8, 4) is 17.2 Å². The lowest BCUT2D eigenvalue weighted by molar-refractivity contribution is -0.131. The Labute approximate surface area is 159 Å². The summed E-state index contributed by atoms with van der Waals surface area (Å²) in [6.45, 7) is 3.91. The number of para-hydroxylation sites is 1. The molecule has 0 aliphatic heterocycles. The number of carbonyl (C=O) groups is 1. The summed E-state index contributed by atoms with van der Waals surface area (Å²) in [7, 11) is 0. The van der Waals surface area contributed by atoms with Gasteiger partial charge in [-0.2, -0.15) is 0 Å². The van der Waals surface area contributed by atoms with E-state index >= 15 is 0 Å². The van der Waals surface area contributed by atoms with Gasteiger partial charge >= 0.3 is 11.6 Å². The number of aromatic hydroxyl groups is 1. The topological polar surface area (TPSA) is 86.0 Å². The van der Waals surface area contributed by atoms with E-state index in [1.165, 1.54) is 45.4 Å². The molecule has 2 rings (SSSR count). The minimum atomic E-state index is -0.970. The highest BCUT2D eigenvalue weighted by Crippen LogP contribution is 2.36. The van der Waals surface area contributed by atoms with Gasteiger partial charge in [0, 0.05) is 6.92 Å². The maximum Gasteiger partial charge on any atom is 0.382 e. The zero-order valence-corrected chi connectivity index (χ0v) is 16.1. The first-order valence-corrected chi connectivity index (χ1v) is 9.64. The summed E-state index contributed by atoms with van der Waals surface area (Å²) >= 11 is 0. The van der Waals surface area contributed by atoms with Crippen LogP contribution in [-0.2, 0) is 4.79 Å². The highest BCUT2D eigenvalue weighted by molar-refractivity contribution is 5.91. The molecule has 0 radical (unpaired) electrons. The van der Waals surface area contributed by atoms with Gasteiger partial charge in [0.2, 0.25) is 5.75 Å². The van der Waals surface area contributed by atoms with Gasteiger partial charge in [-0.3, -0.25) is 4.79 Å². The fourth-order valence-corrected chi connectivity index (χ4v) is 2.94. The molecule has 0 saturated carbocycles. The summed E-state index contributed by atoms with van der Waals surface area (Å²) in [6.07, 6.45) is 9.57. The standard InChI is InChI=1S/C21H28O6/c1-3-4-5-6-7-8-9-10-14-25-17-13-11-12-16-19(17)27-21(24)18(23)20(16)26-15(2)22/h11-13,23H,3-10,14H2,1-2H3. The molecule has 0 amide bonds. The molecule has 1 heterocycles. The number of benzene rings is 1. The highest BCUT2D eigenvalue weighted by atomic mass is 16.5. The molecule has 1 aromatic carbocycles. The minimum absolute atomic E-state index is 0.163. The smallest absolute Gasteiger partial charge is 0.382 e. The highest BCUT2D eigenvalue weighted by Gasteiger charge is 2.19. The summed E-state index contributed by atoms with van der Waals surface area (Å²) in [4.78, 5) is 23.1. The van der Waals surface area contributed by atoms with Crippen LogP contribution in [0.3, 0.4) is 0 Å². The quantitative estimate of drug-likeness (QED) is 0.339. The second kappa shape index (κ2) is 10.6. The second-order valence-electron chi connectivity index (χ2n) is 6.62. The summed E-state index contributed by atoms with van der Waals surface area (Å²) in [5.41, 5.74) is -0.807. The molecule has 0 aliphatic carbocycles. The monoisotopic (exact) mass is 376 g/mol. The Bertz CT molecular complexity index is 808. The fourth-order valence-electron chi connectivity index (χ4n) is 2.94. The molecule has 0 spiro atoms. The van der Waals surface area contributed by atoms with Crippen LogP contribution in [0, 0.1) is 0 Å². The molecular formula is C21H28O6. The van der Waals surface area contributed by atoms with E-state index in [9.17, 15) is 14.7 Å². The zero-order chi connectivity index (χ0) is 19.6. The Balaban J connectivity index is 1.98. The Morgan fingerprint density at radius 2 is 1.74 bits per heavy atom. The summed E-state index contributed by atoms with van der Waals surface area (Å²) in [5.74, 6) is -1.17. The number of fused-ring (bicyclic) bond motifs is 1. The van der Waals surface area contributed by atoms with Gasteiger partial charge in [0.1, 0.15) is 0 Å². The van der Waals surface area contributed by atoms with E-state index in [1.807, 2.05) is 0 Å². The van der Waals surface area contributed by atoms with E-state index in [1.54, 1.807) is 18.2 Å².